The van der Waals surface area contributed by atoms with Crippen LogP contribution >= 0.6 is 15.9 Å². The Morgan fingerprint density at radius 3 is 2.93 bits per heavy atom. The average molecular weight is 295 g/mol. The van der Waals surface area contributed by atoms with Crippen LogP contribution in [0.25, 0.3) is 0 Å². The minimum atomic E-state index is -3.12. The van der Waals surface area contributed by atoms with Gasteiger partial charge in [0.2, 0.25) is 10.0 Å². The summed E-state index contributed by atoms with van der Waals surface area (Å²) in [5, 5.41) is 4.48. The van der Waals surface area contributed by atoms with Crippen LogP contribution in [-0.2, 0) is 28.3 Å². The summed E-state index contributed by atoms with van der Waals surface area (Å²) >= 11 is 3.30. The van der Waals surface area contributed by atoms with Crippen LogP contribution in [0.1, 0.15) is 17.0 Å². The lowest BCUT2D eigenvalue weighted by Crippen LogP contribution is -2.34. The molecule has 0 atom stereocenters. The van der Waals surface area contributed by atoms with Gasteiger partial charge in [-0.15, -0.1) is 0 Å². The highest BCUT2D eigenvalue weighted by atomic mass is 79.9. The summed E-state index contributed by atoms with van der Waals surface area (Å²) in [5.74, 6) is 0.810. The molecule has 1 aliphatic rings. The molecule has 0 N–H and O–H groups in total. The van der Waals surface area contributed by atoms with Crippen LogP contribution < -0.4 is 0 Å². The van der Waals surface area contributed by atoms with Crippen LogP contribution in [0.2, 0.25) is 0 Å². The van der Waals surface area contributed by atoms with Crippen molar-refractivity contribution in [3.05, 3.63) is 17.0 Å². The van der Waals surface area contributed by atoms with Crippen LogP contribution in [0.5, 0.6) is 0 Å². The Morgan fingerprint density at radius 1 is 1.60 bits per heavy atom. The van der Waals surface area contributed by atoms with E-state index >= 15 is 0 Å². The highest BCUT2D eigenvalue weighted by Crippen LogP contribution is 2.24. The molecule has 2 heterocycles. The molecule has 1 aliphatic heterocycles. The molecule has 0 saturated heterocycles. The Morgan fingerprint density at radius 2 is 2.33 bits per heavy atom. The summed E-state index contributed by atoms with van der Waals surface area (Å²) in [4.78, 5) is 0. The van der Waals surface area contributed by atoms with E-state index in [0.717, 1.165) is 17.0 Å². The summed E-state index contributed by atoms with van der Waals surface area (Å²) in [6, 6.07) is 0. The third kappa shape index (κ3) is 2.09. The minimum absolute atomic E-state index is 0.374. The largest absolute Gasteiger partial charge is 0.361 e. The van der Waals surface area contributed by atoms with Gasteiger partial charge in [-0.3, -0.25) is 0 Å². The molecule has 2 rings (SSSR count). The van der Waals surface area contributed by atoms with Gasteiger partial charge in [0.05, 0.1) is 11.9 Å². The summed E-state index contributed by atoms with van der Waals surface area (Å²) in [7, 11) is -3.12. The molecule has 0 fully saturated rings. The fourth-order valence-electron chi connectivity index (χ4n) is 1.63. The van der Waals surface area contributed by atoms with Crippen molar-refractivity contribution in [3.8, 4) is 0 Å². The van der Waals surface area contributed by atoms with Gasteiger partial charge in [0.15, 0.2) is 0 Å². The number of hydrogen-bond acceptors (Lipinski definition) is 4. The van der Waals surface area contributed by atoms with E-state index in [-0.39, 0.29) is 0 Å². The second-order valence-electron chi connectivity index (χ2n) is 3.51. The number of aromatic nitrogens is 1. The monoisotopic (exact) mass is 294 g/mol. The molecular formula is C8H11BrN2O3S. The quantitative estimate of drug-likeness (QED) is 0.760. The molecule has 1 aromatic rings. The maximum absolute atomic E-state index is 11.4. The zero-order valence-corrected chi connectivity index (χ0v) is 10.6. The van der Waals surface area contributed by atoms with E-state index in [1.54, 1.807) is 0 Å². The van der Waals surface area contributed by atoms with Gasteiger partial charge in [-0.2, -0.15) is 4.31 Å². The zero-order chi connectivity index (χ0) is 11.1. The molecular weight excluding hydrogens is 284 g/mol. The molecule has 0 unspecified atom stereocenters. The lowest BCUT2D eigenvalue weighted by molar-refractivity contribution is 0.332. The SMILES string of the molecule is CS(=O)(=O)N1CCc2onc(CBr)c2C1. The first-order chi connectivity index (χ1) is 7.02. The van der Waals surface area contributed by atoms with Crippen LogP contribution in [0.3, 0.4) is 0 Å². The lowest BCUT2D eigenvalue weighted by atomic mass is 10.1. The molecule has 0 aromatic carbocycles. The van der Waals surface area contributed by atoms with Gasteiger partial charge in [-0.05, 0) is 0 Å². The lowest BCUT2D eigenvalue weighted by Gasteiger charge is -2.23. The molecule has 1 aromatic heterocycles. The first-order valence-electron chi connectivity index (χ1n) is 4.49. The van der Waals surface area contributed by atoms with Crippen LogP contribution in [-0.4, -0.2) is 30.7 Å². The fraction of sp³-hybridized carbons (Fsp3) is 0.625. The van der Waals surface area contributed by atoms with Crippen LogP contribution in [0.15, 0.2) is 4.52 Å². The normalized spacial score (nSPS) is 17.7. The van der Waals surface area contributed by atoms with Crippen molar-refractivity contribution in [3.63, 3.8) is 0 Å². The summed E-state index contributed by atoms with van der Waals surface area (Å²) in [6.07, 6.45) is 1.82. The number of sulfonamides is 1. The summed E-state index contributed by atoms with van der Waals surface area (Å²) in [5.41, 5.74) is 1.70. The Labute approximate surface area is 96.6 Å². The molecule has 7 heteroatoms. The van der Waals surface area contributed by atoms with E-state index in [9.17, 15) is 8.42 Å². The Kier molecular flexibility index (Phi) is 2.87. The van der Waals surface area contributed by atoms with Gasteiger partial charge in [0, 0.05) is 30.4 Å². The van der Waals surface area contributed by atoms with E-state index in [1.807, 2.05) is 0 Å². The predicted octanol–water partition coefficient (Wildman–Crippen LogP) is 0.887. The predicted molar refractivity (Wildman–Crippen MR) is 58.1 cm³/mol. The van der Waals surface area contributed by atoms with E-state index in [1.165, 1.54) is 10.6 Å². The molecule has 0 spiro atoms. The highest BCUT2D eigenvalue weighted by molar-refractivity contribution is 9.08. The number of rotatable bonds is 2. The van der Waals surface area contributed by atoms with Crippen molar-refractivity contribution in [1.82, 2.24) is 9.46 Å². The van der Waals surface area contributed by atoms with Gasteiger partial charge in [0.1, 0.15) is 5.76 Å². The second kappa shape index (κ2) is 3.88. The topological polar surface area (TPSA) is 63.4 Å². The van der Waals surface area contributed by atoms with E-state index in [4.69, 9.17) is 4.52 Å². The number of halogens is 1. The third-order valence-corrected chi connectivity index (χ3v) is 4.25. The Hall–Kier alpha value is -0.400. The molecule has 0 saturated carbocycles. The summed E-state index contributed by atoms with van der Waals surface area (Å²) in [6.45, 7) is 0.849. The standard InChI is InChI=1S/C8H11BrN2O3S/c1-15(12,13)11-3-2-8-6(5-11)7(4-9)10-14-8/h2-5H2,1H3. The van der Waals surface area contributed by atoms with Crippen molar-refractivity contribution in [1.29, 1.82) is 0 Å². The molecule has 84 valence electrons. The van der Waals surface area contributed by atoms with Gasteiger partial charge < -0.3 is 4.52 Å². The Bertz CT molecular complexity index is 455. The molecule has 15 heavy (non-hydrogen) atoms. The number of alkyl halides is 1. The first kappa shape index (κ1) is 11.1. The Balaban J connectivity index is 2.32. The molecule has 0 aliphatic carbocycles. The van der Waals surface area contributed by atoms with Gasteiger partial charge >= 0.3 is 0 Å². The third-order valence-electron chi connectivity index (χ3n) is 2.47. The number of fused-ring (bicyclic) bond motifs is 1. The van der Waals surface area contributed by atoms with E-state index < -0.39 is 10.0 Å². The maximum atomic E-state index is 11.4. The van der Waals surface area contributed by atoms with Crippen molar-refractivity contribution in [2.45, 2.75) is 18.3 Å². The van der Waals surface area contributed by atoms with Crippen molar-refractivity contribution in [2.75, 3.05) is 12.8 Å². The number of hydrogen-bond donors (Lipinski definition) is 0. The average Bonchev–Trinajstić information content (AvgIpc) is 2.57. The summed E-state index contributed by atoms with van der Waals surface area (Å²) < 4.78 is 29.3. The highest BCUT2D eigenvalue weighted by Gasteiger charge is 2.28. The minimum Gasteiger partial charge on any atom is -0.361 e. The molecule has 0 bridgehead atoms. The second-order valence-corrected chi connectivity index (χ2v) is 6.05. The van der Waals surface area contributed by atoms with Crippen molar-refractivity contribution >= 4 is 26.0 Å². The van der Waals surface area contributed by atoms with Crippen LogP contribution in [0, 0.1) is 0 Å². The molecule has 0 radical (unpaired) electrons. The van der Waals surface area contributed by atoms with Gasteiger partial charge in [0.25, 0.3) is 0 Å². The number of nitrogens with zero attached hydrogens (tertiary/aromatic N) is 2. The van der Waals surface area contributed by atoms with Crippen LogP contribution in [0.4, 0.5) is 0 Å². The van der Waals surface area contributed by atoms with Crippen molar-refractivity contribution in [2.24, 2.45) is 0 Å². The molecule has 5 nitrogen and oxygen atoms in total. The maximum Gasteiger partial charge on any atom is 0.211 e. The zero-order valence-electron chi connectivity index (χ0n) is 8.23. The van der Waals surface area contributed by atoms with E-state index in [2.05, 4.69) is 21.1 Å². The van der Waals surface area contributed by atoms with E-state index in [0.29, 0.717) is 24.8 Å². The smallest absolute Gasteiger partial charge is 0.211 e. The van der Waals surface area contributed by atoms with Gasteiger partial charge in [-0.1, -0.05) is 21.1 Å². The fourth-order valence-corrected chi connectivity index (χ4v) is 2.85. The van der Waals surface area contributed by atoms with Crippen molar-refractivity contribution < 1.29 is 12.9 Å². The van der Waals surface area contributed by atoms with Gasteiger partial charge in [-0.25, -0.2) is 8.42 Å². The first-order valence-corrected chi connectivity index (χ1v) is 7.46. The molecule has 0 amide bonds.